The van der Waals surface area contributed by atoms with Crippen LogP contribution in [0.4, 0.5) is 10.2 Å². The van der Waals surface area contributed by atoms with Gasteiger partial charge in [0.1, 0.15) is 11.5 Å². The number of ether oxygens (including phenoxy) is 1. The van der Waals surface area contributed by atoms with Crippen molar-refractivity contribution in [1.82, 2.24) is 10.2 Å². The maximum absolute atomic E-state index is 13.2. The van der Waals surface area contributed by atoms with Gasteiger partial charge in [0, 0.05) is 29.4 Å². The first kappa shape index (κ1) is 14.1. The Bertz CT molecular complexity index is 829. The molecule has 0 aliphatic carbocycles. The Kier molecular flexibility index (Phi) is 3.63. The zero-order valence-corrected chi connectivity index (χ0v) is 12.6. The van der Waals surface area contributed by atoms with E-state index in [1.54, 1.807) is 12.1 Å². The summed E-state index contributed by atoms with van der Waals surface area (Å²) in [6.45, 7) is 3.04. The third-order valence-corrected chi connectivity index (χ3v) is 4.10. The van der Waals surface area contributed by atoms with Gasteiger partial charge in [-0.05, 0) is 24.3 Å². The molecular weight excluding hydrogens is 293 g/mol. The van der Waals surface area contributed by atoms with Crippen LogP contribution < -0.4 is 4.90 Å². The van der Waals surface area contributed by atoms with E-state index in [1.807, 2.05) is 18.2 Å². The predicted octanol–water partition coefficient (Wildman–Crippen LogP) is 3.27. The molecule has 0 spiro atoms. The molecule has 23 heavy (non-hydrogen) atoms. The third kappa shape index (κ3) is 2.64. The smallest absolute Gasteiger partial charge is 0.159 e. The lowest BCUT2D eigenvalue weighted by atomic mass is 10.0. The second-order valence-corrected chi connectivity index (χ2v) is 5.52. The first-order chi connectivity index (χ1) is 11.3. The quantitative estimate of drug-likeness (QED) is 0.728. The molecule has 0 unspecified atom stereocenters. The molecule has 1 fully saturated rings. The van der Waals surface area contributed by atoms with Gasteiger partial charge < -0.3 is 9.64 Å². The summed E-state index contributed by atoms with van der Waals surface area (Å²) in [5.41, 5.74) is 1.64. The van der Waals surface area contributed by atoms with Crippen molar-refractivity contribution in [1.29, 1.82) is 0 Å². The number of rotatable bonds is 2. The minimum Gasteiger partial charge on any atom is -0.378 e. The highest BCUT2D eigenvalue weighted by molar-refractivity contribution is 6.00. The number of anilines is 1. The van der Waals surface area contributed by atoms with Crippen molar-refractivity contribution in [2.75, 3.05) is 31.2 Å². The van der Waals surface area contributed by atoms with Gasteiger partial charge in [0.25, 0.3) is 0 Å². The number of halogens is 1. The zero-order chi connectivity index (χ0) is 15.6. The minimum absolute atomic E-state index is 0.254. The van der Waals surface area contributed by atoms with Crippen molar-refractivity contribution in [3.05, 3.63) is 54.3 Å². The van der Waals surface area contributed by atoms with E-state index in [1.165, 1.54) is 12.1 Å². The number of benzene rings is 2. The molecule has 4 nitrogen and oxygen atoms in total. The van der Waals surface area contributed by atoms with E-state index in [4.69, 9.17) is 4.74 Å². The van der Waals surface area contributed by atoms with Crippen molar-refractivity contribution < 1.29 is 9.13 Å². The van der Waals surface area contributed by atoms with E-state index in [0.29, 0.717) is 13.2 Å². The average molecular weight is 309 g/mol. The zero-order valence-electron chi connectivity index (χ0n) is 12.6. The van der Waals surface area contributed by atoms with Crippen molar-refractivity contribution >= 4 is 16.6 Å². The highest BCUT2D eigenvalue weighted by Gasteiger charge is 2.18. The SMILES string of the molecule is Fc1ccc(-c2nnc(N3CCOCC3)c3ccccc23)cc1. The predicted molar refractivity (Wildman–Crippen MR) is 88.0 cm³/mol. The number of morpholine rings is 1. The van der Waals surface area contributed by atoms with Gasteiger partial charge in [-0.2, -0.15) is 0 Å². The third-order valence-electron chi connectivity index (χ3n) is 4.10. The summed E-state index contributed by atoms with van der Waals surface area (Å²) in [5.74, 6) is 0.630. The topological polar surface area (TPSA) is 38.2 Å². The molecule has 1 saturated heterocycles. The summed E-state index contributed by atoms with van der Waals surface area (Å²) < 4.78 is 18.6. The van der Waals surface area contributed by atoms with Crippen molar-refractivity contribution in [2.45, 2.75) is 0 Å². The van der Waals surface area contributed by atoms with Gasteiger partial charge in [-0.1, -0.05) is 24.3 Å². The van der Waals surface area contributed by atoms with Crippen molar-refractivity contribution in [3.63, 3.8) is 0 Å². The Labute approximate surface area is 133 Å². The Morgan fingerprint density at radius 3 is 2.30 bits per heavy atom. The van der Waals surface area contributed by atoms with Crippen LogP contribution in [-0.2, 0) is 4.74 Å². The summed E-state index contributed by atoms with van der Waals surface area (Å²) in [6.07, 6.45) is 0. The van der Waals surface area contributed by atoms with Gasteiger partial charge in [0.2, 0.25) is 0 Å². The molecule has 2 heterocycles. The Morgan fingerprint density at radius 1 is 0.870 bits per heavy atom. The maximum atomic E-state index is 13.2. The minimum atomic E-state index is -0.254. The highest BCUT2D eigenvalue weighted by atomic mass is 19.1. The monoisotopic (exact) mass is 309 g/mol. The number of hydrogen-bond acceptors (Lipinski definition) is 4. The summed E-state index contributed by atoms with van der Waals surface area (Å²) in [6, 6.07) is 14.4. The molecule has 2 aromatic carbocycles. The normalized spacial score (nSPS) is 15.1. The molecule has 0 radical (unpaired) electrons. The summed E-state index contributed by atoms with van der Waals surface area (Å²) in [5, 5.41) is 11.0. The summed E-state index contributed by atoms with van der Waals surface area (Å²) >= 11 is 0. The second kappa shape index (κ2) is 5.93. The molecule has 1 aromatic heterocycles. The van der Waals surface area contributed by atoms with E-state index in [0.717, 1.165) is 40.9 Å². The van der Waals surface area contributed by atoms with Crippen LogP contribution in [0.5, 0.6) is 0 Å². The first-order valence-electron chi connectivity index (χ1n) is 7.67. The number of fused-ring (bicyclic) bond motifs is 1. The van der Waals surface area contributed by atoms with E-state index < -0.39 is 0 Å². The van der Waals surface area contributed by atoms with E-state index >= 15 is 0 Å². The lowest BCUT2D eigenvalue weighted by Gasteiger charge is -2.28. The Balaban J connectivity index is 1.86. The fourth-order valence-electron chi connectivity index (χ4n) is 2.92. The van der Waals surface area contributed by atoms with E-state index in [-0.39, 0.29) is 5.82 Å². The van der Waals surface area contributed by atoms with Crippen LogP contribution in [0.2, 0.25) is 0 Å². The molecule has 4 rings (SSSR count). The molecule has 0 atom stereocenters. The standard InChI is InChI=1S/C18H16FN3O/c19-14-7-5-13(6-8-14)17-15-3-1-2-4-16(15)18(21-20-17)22-9-11-23-12-10-22/h1-8H,9-12H2. The highest BCUT2D eigenvalue weighted by Crippen LogP contribution is 2.31. The molecule has 0 bridgehead atoms. The molecular formula is C18H16FN3O. The van der Waals surface area contributed by atoms with Crippen LogP contribution in [0.3, 0.4) is 0 Å². The van der Waals surface area contributed by atoms with Gasteiger partial charge in [-0.3, -0.25) is 0 Å². The number of hydrogen-bond donors (Lipinski definition) is 0. The lowest BCUT2D eigenvalue weighted by molar-refractivity contribution is 0.122. The second-order valence-electron chi connectivity index (χ2n) is 5.52. The van der Waals surface area contributed by atoms with Gasteiger partial charge in [0.05, 0.1) is 13.2 Å². The van der Waals surface area contributed by atoms with Crippen LogP contribution in [0, 0.1) is 5.82 Å². The number of nitrogens with zero attached hydrogens (tertiary/aromatic N) is 3. The largest absolute Gasteiger partial charge is 0.378 e. The van der Waals surface area contributed by atoms with E-state index in [2.05, 4.69) is 21.2 Å². The Hall–Kier alpha value is -2.53. The molecule has 0 N–H and O–H groups in total. The molecule has 0 saturated carbocycles. The van der Waals surface area contributed by atoms with Crippen LogP contribution in [0.25, 0.3) is 22.0 Å². The van der Waals surface area contributed by atoms with Crippen LogP contribution in [0.1, 0.15) is 0 Å². The summed E-state index contributed by atoms with van der Waals surface area (Å²) in [7, 11) is 0. The van der Waals surface area contributed by atoms with Gasteiger partial charge >= 0.3 is 0 Å². The van der Waals surface area contributed by atoms with Crippen molar-refractivity contribution in [2.24, 2.45) is 0 Å². The van der Waals surface area contributed by atoms with Crippen LogP contribution >= 0.6 is 0 Å². The summed E-state index contributed by atoms with van der Waals surface area (Å²) in [4.78, 5) is 2.20. The van der Waals surface area contributed by atoms with E-state index in [9.17, 15) is 4.39 Å². The molecule has 0 amide bonds. The maximum Gasteiger partial charge on any atom is 0.159 e. The van der Waals surface area contributed by atoms with Gasteiger partial charge in [-0.25, -0.2) is 4.39 Å². The van der Waals surface area contributed by atoms with Crippen LogP contribution in [-0.4, -0.2) is 36.5 Å². The average Bonchev–Trinajstić information content (AvgIpc) is 2.62. The fraction of sp³-hybridized carbons (Fsp3) is 0.222. The molecule has 1 aliphatic heterocycles. The number of aromatic nitrogens is 2. The Morgan fingerprint density at radius 2 is 1.57 bits per heavy atom. The van der Waals surface area contributed by atoms with Crippen LogP contribution in [0.15, 0.2) is 48.5 Å². The molecule has 3 aromatic rings. The lowest BCUT2D eigenvalue weighted by Crippen LogP contribution is -2.37. The molecule has 116 valence electrons. The fourth-order valence-corrected chi connectivity index (χ4v) is 2.92. The van der Waals surface area contributed by atoms with Gasteiger partial charge in [0.15, 0.2) is 5.82 Å². The van der Waals surface area contributed by atoms with Gasteiger partial charge in [-0.15, -0.1) is 10.2 Å². The first-order valence-corrected chi connectivity index (χ1v) is 7.67. The van der Waals surface area contributed by atoms with Crippen molar-refractivity contribution in [3.8, 4) is 11.3 Å². The molecule has 5 heteroatoms. The molecule has 1 aliphatic rings.